The molecular formula is C49H36F3N3. The van der Waals surface area contributed by atoms with Crippen LogP contribution in [0.25, 0.3) is 77.2 Å². The number of fused-ring (bicyclic) bond motifs is 6. The van der Waals surface area contributed by atoms with Gasteiger partial charge in [0.05, 0.1) is 50.6 Å². The Morgan fingerprint density at radius 1 is 0.491 bits per heavy atom. The molecule has 0 unspecified atom stereocenters. The quantitative estimate of drug-likeness (QED) is 0.178. The van der Waals surface area contributed by atoms with E-state index in [1.807, 2.05) is 30.3 Å². The van der Waals surface area contributed by atoms with Crippen molar-refractivity contribution in [1.29, 1.82) is 5.26 Å². The summed E-state index contributed by atoms with van der Waals surface area (Å²) in [6.07, 6.45) is -4.56. The zero-order valence-electron chi connectivity index (χ0n) is 31.1. The second-order valence-corrected chi connectivity index (χ2v) is 14.8. The van der Waals surface area contributed by atoms with E-state index in [0.29, 0.717) is 22.3 Å². The van der Waals surface area contributed by atoms with Gasteiger partial charge in [-0.2, -0.15) is 18.4 Å². The van der Waals surface area contributed by atoms with Crippen molar-refractivity contribution in [2.45, 2.75) is 40.8 Å². The third-order valence-electron chi connectivity index (χ3n) is 10.9. The molecule has 268 valence electrons. The molecule has 0 saturated heterocycles. The third-order valence-corrected chi connectivity index (χ3v) is 10.9. The summed E-state index contributed by atoms with van der Waals surface area (Å²) < 4.78 is 48.6. The largest absolute Gasteiger partial charge is 0.417 e. The van der Waals surface area contributed by atoms with Gasteiger partial charge in [-0.05, 0) is 136 Å². The molecule has 55 heavy (non-hydrogen) atoms. The van der Waals surface area contributed by atoms with Crippen molar-refractivity contribution in [3.05, 3.63) is 166 Å². The number of nitrogens with zero attached hydrogens (tertiary/aromatic N) is 3. The third kappa shape index (κ3) is 5.50. The first-order chi connectivity index (χ1) is 26.4. The Morgan fingerprint density at radius 3 is 1.36 bits per heavy atom. The van der Waals surface area contributed by atoms with Crippen molar-refractivity contribution in [1.82, 2.24) is 9.13 Å². The van der Waals surface area contributed by atoms with E-state index < -0.39 is 11.7 Å². The van der Waals surface area contributed by atoms with Gasteiger partial charge in [0.2, 0.25) is 0 Å². The van der Waals surface area contributed by atoms with Gasteiger partial charge < -0.3 is 9.13 Å². The van der Waals surface area contributed by atoms with Crippen molar-refractivity contribution < 1.29 is 13.2 Å². The summed E-state index contributed by atoms with van der Waals surface area (Å²) in [5.74, 6) is 0. The van der Waals surface area contributed by atoms with Gasteiger partial charge in [-0.3, -0.25) is 0 Å². The molecule has 0 saturated carbocycles. The fourth-order valence-corrected chi connectivity index (χ4v) is 8.43. The lowest BCUT2D eigenvalue weighted by molar-refractivity contribution is -0.137. The maximum atomic E-state index is 14.7. The number of hydrogen-bond acceptors (Lipinski definition) is 1. The number of halogens is 3. The molecule has 0 spiro atoms. The van der Waals surface area contributed by atoms with Crippen molar-refractivity contribution in [2.24, 2.45) is 0 Å². The molecule has 9 aromatic rings. The van der Waals surface area contributed by atoms with E-state index in [4.69, 9.17) is 0 Å². The second kappa shape index (κ2) is 12.5. The van der Waals surface area contributed by atoms with Crippen LogP contribution in [0.1, 0.15) is 38.9 Å². The minimum absolute atomic E-state index is 0.136. The number of hydrogen-bond donors (Lipinski definition) is 0. The van der Waals surface area contributed by atoms with E-state index in [1.165, 1.54) is 6.07 Å². The molecule has 0 atom stereocenters. The molecule has 0 aliphatic heterocycles. The molecule has 0 aliphatic rings. The highest BCUT2D eigenvalue weighted by atomic mass is 19.4. The zero-order valence-corrected chi connectivity index (χ0v) is 31.1. The van der Waals surface area contributed by atoms with Gasteiger partial charge in [-0.1, -0.05) is 64.7 Å². The molecule has 0 aliphatic carbocycles. The zero-order chi connectivity index (χ0) is 38.3. The van der Waals surface area contributed by atoms with Crippen molar-refractivity contribution in [2.75, 3.05) is 0 Å². The van der Waals surface area contributed by atoms with Gasteiger partial charge in [-0.15, -0.1) is 0 Å². The van der Waals surface area contributed by atoms with Gasteiger partial charge in [0.1, 0.15) is 0 Å². The predicted molar refractivity (Wildman–Crippen MR) is 219 cm³/mol. The van der Waals surface area contributed by atoms with E-state index in [9.17, 15) is 18.4 Å². The fourth-order valence-electron chi connectivity index (χ4n) is 8.43. The lowest BCUT2D eigenvalue weighted by Gasteiger charge is -2.21. The molecule has 6 heteroatoms. The van der Waals surface area contributed by atoms with E-state index in [-0.39, 0.29) is 5.56 Å². The first-order valence-corrected chi connectivity index (χ1v) is 18.3. The van der Waals surface area contributed by atoms with E-state index >= 15 is 0 Å². The van der Waals surface area contributed by atoms with Crippen LogP contribution in [-0.4, -0.2) is 9.13 Å². The Hall–Kier alpha value is -6.58. The number of alkyl halides is 3. The SMILES string of the molecule is Cc1ccc2c(c1)c1cc(C)ccc1n2-c1ccc(C#N)cc1-c1cc(-c2c(C)cccc2C(F)(F)F)ccc1-n1c2ccc(C)cc2c2cc(C)ccc21. The molecule has 0 bridgehead atoms. The van der Waals surface area contributed by atoms with Crippen molar-refractivity contribution in [3.63, 3.8) is 0 Å². The van der Waals surface area contributed by atoms with Crippen LogP contribution in [0.4, 0.5) is 13.2 Å². The number of aryl methyl sites for hydroxylation is 5. The summed E-state index contributed by atoms with van der Waals surface area (Å²) in [5, 5.41) is 14.7. The molecule has 2 aromatic heterocycles. The number of aromatic nitrogens is 2. The normalized spacial score (nSPS) is 12.0. The van der Waals surface area contributed by atoms with E-state index in [2.05, 4.69) is 116 Å². The average Bonchev–Trinajstić information content (AvgIpc) is 3.64. The first kappa shape index (κ1) is 34.2. The number of rotatable bonds is 4. The molecular weight excluding hydrogens is 688 g/mol. The Balaban J connectivity index is 1.45. The average molecular weight is 724 g/mol. The van der Waals surface area contributed by atoms with Gasteiger partial charge >= 0.3 is 6.18 Å². The van der Waals surface area contributed by atoms with Gasteiger partial charge in [0.25, 0.3) is 0 Å². The molecule has 0 amide bonds. The first-order valence-electron chi connectivity index (χ1n) is 18.3. The van der Waals surface area contributed by atoms with Crippen LogP contribution >= 0.6 is 0 Å². The van der Waals surface area contributed by atoms with Gasteiger partial charge in [0, 0.05) is 32.7 Å². The molecule has 2 heterocycles. The molecule has 9 rings (SSSR count). The van der Waals surface area contributed by atoms with Crippen LogP contribution in [0.3, 0.4) is 0 Å². The predicted octanol–water partition coefficient (Wildman–Crippen LogP) is 13.6. The standard InChI is InChI=1S/C49H36F3N3/c1-28-9-15-42-35(21-28)36-22-29(2)10-16-43(36)54(42)46-19-13-33(27-53)25-39(46)40-26-34(48-32(5)7-6-8-41(48)49(50,51)52)14-20-47(40)55-44-17-11-30(3)23-37(44)38-24-31(4)12-18-45(38)55/h6-26H,1-5H3. The summed E-state index contributed by atoms with van der Waals surface area (Å²) in [7, 11) is 0. The van der Waals surface area contributed by atoms with Crippen molar-refractivity contribution >= 4 is 43.6 Å². The smallest absolute Gasteiger partial charge is 0.309 e. The van der Waals surface area contributed by atoms with Crippen LogP contribution in [0.5, 0.6) is 0 Å². The van der Waals surface area contributed by atoms with Crippen molar-refractivity contribution in [3.8, 4) is 39.7 Å². The minimum atomic E-state index is -4.56. The molecule has 7 aromatic carbocycles. The van der Waals surface area contributed by atoms with E-state index in [0.717, 1.165) is 88.9 Å². The van der Waals surface area contributed by atoms with Crippen LogP contribution in [-0.2, 0) is 6.18 Å². The highest BCUT2D eigenvalue weighted by Gasteiger charge is 2.34. The Morgan fingerprint density at radius 2 is 0.927 bits per heavy atom. The van der Waals surface area contributed by atoms with Crippen LogP contribution < -0.4 is 0 Å². The summed E-state index contributed by atoms with van der Waals surface area (Å²) in [5.41, 5.74) is 12.4. The van der Waals surface area contributed by atoms with Gasteiger partial charge in [0.15, 0.2) is 0 Å². The molecule has 0 radical (unpaired) electrons. The Labute approximate surface area is 317 Å². The minimum Gasteiger partial charge on any atom is -0.309 e. The van der Waals surface area contributed by atoms with Crippen LogP contribution in [0.2, 0.25) is 0 Å². The maximum absolute atomic E-state index is 14.7. The number of benzene rings is 7. The Kier molecular flexibility index (Phi) is 7.77. The monoisotopic (exact) mass is 723 g/mol. The van der Waals surface area contributed by atoms with Crippen LogP contribution in [0, 0.1) is 45.9 Å². The van der Waals surface area contributed by atoms with E-state index in [1.54, 1.807) is 19.1 Å². The Bertz CT molecular complexity index is 2980. The summed E-state index contributed by atoms with van der Waals surface area (Å²) in [4.78, 5) is 0. The lowest BCUT2D eigenvalue weighted by atomic mass is 9.90. The summed E-state index contributed by atoms with van der Waals surface area (Å²) >= 11 is 0. The molecule has 0 fully saturated rings. The highest BCUT2D eigenvalue weighted by Crippen LogP contribution is 2.45. The topological polar surface area (TPSA) is 33.6 Å². The molecule has 0 N–H and O–H groups in total. The van der Waals surface area contributed by atoms with Crippen LogP contribution in [0.15, 0.2) is 127 Å². The highest BCUT2D eigenvalue weighted by molar-refractivity contribution is 6.12. The lowest BCUT2D eigenvalue weighted by Crippen LogP contribution is -2.08. The summed E-state index contributed by atoms with van der Waals surface area (Å²) in [6, 6.07) is 43.6. The fraction of sp³-hybridized carbons (Fsp3) is 0.122. The molecule has 3 nitrogen and oxygen atoms in total. The summed E-state index contributed by atoms with van der Waals surface area (Å²) in [6.45, 7) is 10.0. The van der Waals surface area contributed by atoms with Gasteiger partial charge in [-0.25, -0.2) is 0 Å². The number of nitriles is 1. The second-order valence-electron chi connectivity index (χ2n) is 14.8. The maximum Gasteiger partial charge on any atom is 0.417 e.